The summed E-state index contributed by atoms with van der Waals surface area (Å²) in [6.07, 6.45) is 0. The Morgan fingerprint density at radius 3 is 2.88 bits per heavy atom. The van der Waals surface area contributed by atoms with Gasteiger partial charge in [-0.05, 0) is 30.3 Å². The van der Waals surface area contributed by atoms with Crippen molar-refractivity contribution in [1.82, 2.24) is 4.98 Å². The highest BCUT2D eigenvalue weighted by atomic mass is 32.1. The lowest BCUT2D eigenvalue weighted by Gasteiger charge is -2.11. The Morgan fingerprint density at radius 1 is 1.19 bits per heavy atom. The molecular formula is C19H13FN2O2S2. The summed E-state index contributed by atoms with van der Waals surface area (Å²) in [7, 11) is 0. The maximum Gasteiger partial charge on any atom is 0.265 e. The van der Waals surface area contributed by atoms with Gasteiger partial charge in [-0.1, -0.05) is 18.2 Å². The van der Waals surface area contributed by atoms with E-state index in [1.54, 1.807) is 35.8 Å². The van der Waals surface area contributed by atoms with E-state index >= 15 is 0 Å². The number of carbonyl (C=O) groups is 1. The average molecular weight is 384 g/mol. The third-order valence-corrected chi connectivity index (χ3v) is 5.46. The van der Waals surface area contributed by atoms with Gasteiger partial charge in [-0.2, -0.15) is 0 Å². The van der Waals surface area contributed by atoms with Crippen molar-refractivity contribution in [2.24, 2.45) is 0 Å². The van der Waals surface area contributed by atoms with Crippen molar-refractivity contribution in [2.75, 3.05) is 5.32 Å². The number of anilines is 1. The maximum atomic E-state index is 13.8. The summed E-state index contributed by atoms with van der Waals surface area (Å²) >= 11 is 2.75. The van der Waals surface area contributed by atoms with Gasteiger partial charge in [0.1, 0.15) is 18.2 Å². The van der Waals surface area contributed by atoms with Gasteiger partial charge in [-0.3, -0.25) is 4.79 Å². The molecule has 0 aliphatic carbocycles. The Kier molecular flexibility index (Phi) is 4.64. The minimum atomic E-state index is -0.329. The van der Waals surface area contributed by atoms with E-state index in [0.717, 1.165) is 10.4 Å². The van der Waals surface area contributed by atoms with Crippen LogP contribution in [0.1, 0.15) is 15.4 Å². The van der Waals surface area contributed by atoms with Gasteiger partial charge in [0, 0.05) is 15.5 Å². The number of ether oxygens (including phenoxy) is 1. The number of para-hydroxylation sites is 2. The number of hydrogen-bond donors (Lipinski definition) is 1. The summed E-state index contributed by atoms with van der Waals surface area (Å²) in [5, 5.41) is 5.21. The standard InChI is InChI=1S/C19H13FN2O2S2/c20-14-4-3-7-17-13(14)8-18(26-17)19(23)22-15-5-1-2-6-16(15)24-9-12-10-25-11-21-12/h1-8,10-11H,9H2,(H,22,23). The van der Waals surface area contributed by atoms with E-state index in [4.69, 9.17) is 4.74 Å². The number of thiophene rings is 1. The van der Waals surface area contributed by atoms with Gasteiger partial charge in [0.25, 0.3) is 5.91 Å². The zero-order valence-corrected chi connectivity index (χ0v) is 15.1. The molecule has 130 valence electrons. The van der Waals surface area contributed by atoms with E-state index < -0.39 is 0 Å². The smallest absolute Gasteiger partial charge is 0.265 e. The predicted molar refractivity (Wildman–Crippen MR) is 103 cm³/mol. The molecule has 0 bridgehead atoms. The molecule has 1 N–H and O–H groups in total. The second-order valence-corrected chi connectivity index (χ2v) is 7.28. The summed E-state index contributed by atoms with van der Waals surface area (Å²) in [4.78, 5) is 17.2. The van der Waals surface area contributed by atoms with Crippen LogP contribution in [0.4, 0.5) is 10.1 Å². The fraction of sp³-hybridized carbons (Fsp3) is 0.0526. The molecule has 0 aliphatic heterocycles. The number of fused-ring (bicyclic) bond motifs is 1. The van der Waals surface area contributed by atoms with Gasteiger partial charge < -0.3 is 10.1 Å². The predicted octanol–water partition coefficient (Wildman–Crippen LogP) is 5.33. The molecule has 4 nitrogen and oxygen atoms in total. The number of nitrogens with zero attached hydrogens (tertiary/aromatic N) is 1. The molecule has 0 fully saturated rings. The molecule has 2 aromatic carbocycles. The fourth-order valence-corrected chi connectivity index (χ4v) is 3.99. The lowest BCUT2D eigenvalue weighted by Crippen LogP contribution is -2.11. The monoisotopic (exact) mass is 384 g/mol. The molecule has 0 unspecified atom stereocenters. The Labute approximate surface area is 156 Å². The van der Waals surface area contributed by atoms with Crippen LogP contribution in [0.2, 0.25) is 0 Å². The Bertz CT molecular complexity index is 1060. The van der Waals surface area contributed by atoms with E-state index in [-0.39, 0.29) is 11.7 Å². The normalized spacial score (nSPS) is 10.8. The Hall–Kier alpha value is -2.77. The first kappa shape index (κ1) is 16.7. The molecule has 4 aromatic rings. The van der Waals surface area contributed by atoms with Crippen molar-refractivity contribution in [2.45, 2.75) is 6.61 Å². The minimum Gasteiger partial charge on any atom is -0.485 e. The molecule has 0 radical (unpaired) electrons. The zero-order valence-electron chi connectivity index (χ0n) is 13.4. The molecule has 1 amide bonds. The third-order valence-electron chi connectivity index (χ3n) is 3.73. The van der Waals surface area contributed by atoms with E-state index in [2.05, 4.69) is 10.3 Å². The number of halogens is 1. The number of carbonyl (C=O) groups excluding carboxylic acids is 1. The fourth-order valence-electron chi connectivity index (χ4n) is 2.48. The number of rotatable bonds is 5. The molecule has 0 spiro atoms. The van der Waals surface area contributed by atoms with Crippen molar-refractivity contribution in [3.05, 3.63) is 75.8 Å². The summed E-state index contributed by atoms with van der Waals surface area (Å²) in [6, 6.07) is 13.6. The number of benzene rings is 2. The second-order valence-electron chi connectivity index (χ2n) is 5.48. The summed E-state index contributed by atoms with van der Waals surface area (Å²) in [5.41, 5.74) is 3.13. The lowest BCUT2D eigenvalue weighted by molar-refractivity contribution is 0.103. The zero-order chi connectivity index (χ0) is 17.9. The van der Waals surface area contributed by atoms with Crippen molar-refractivity contribution in [3.63, 3.8) is 0 Å². The largest absolute Gasteiger partial charge is 0.485 e. The molecule has 2 heterocycles. The van der Waals surface area contributed by atoms with Gasteiger partial charge in [0.05, 0.1) is 21.8 Å². The maximum absolute atomic E-state index is 13.8. The van der Waals surface area contributed by atoms with Crippen LogP contribution in [-0.4, -0.2) is 10.9 Å². The topological polar surface area (TPSA) is 51.2 Å². The van der Waals surface area contributed by atoms with E-state index in [1.165, 1.54) is 28.7 Å². The lowest BCUT2D eigenvalue weighted by atomic mass is 10.2. The summed E-state index contributed by atoms with van der Waals surface area (Å²) in [6.45, 7) is 0.324. The number of aromatic nitrogens is 1. The van der Waals surface area contributed by atoms with Crippen molar-refractivity contribution < 1.29 is 13.9 Å². The van der Waals surface area contributed by atoms with Gasteiger partial charge >= 0.3 is 0 Å². The van der Waals surface area contributed by atoms with E-state index in [1.807, 2.05) is 17.5 Å². The molecule has 0 aliphatic rings. The second kappa shape index (κ2) is 7.23. The number of thiazole rings is 1. The van der Waals surface area contributed by atoms with Gasteiger partial charge in [0.15, 0.2) is 0 Å². The highest BCUT2D eigenvalue weighted by Gasteiger charge is 2.14. The first-order chi connectivity index (χ1) is 12.7. The highest BCUT2D eigenvalue weighted by molar-refractivity contribution is 7.20. The van der Waals surface area contributed by atoms with Crippen molar-refractivity contribution in [1.29, 1.82) is 0 Å². The molecule has 0 saturated heterocycles. The number of amides is 1. The van der Waals surface area contributed by atoms with Gasteiger partial charge in [0.2, 0.25) is 0 Å². The quantitative estimate of drug-likeness (QED) is 0.506. The molecular weight excluding hydrogens is 371 g/mol. The molecule has 0 saturated carbocycles. The first-order valence-corrected chi connectivity index (χ1v) is 9.55. The van der Waals surface area contributed by atoms with Crippen LogP contribution in [0.5, 0.6) is 5.75 Å². The Balaban J connectivity index is 1.54. The van der Waals surface area contributed by atoms with Crippen LogP contribution in [0.15, 0.2) is 59.4 Å². The first-order valence-electron chi connectivity index (χ1n) is 7.79. The number of nitrogens with one attached hydrogen (secondary N) is 1. The van der Waals surface area contributed by atoms with E-state index in [0.29, 0.717) is 28.3 Å². The highest BCUT2D eigenvalue weighted by Crippen LogP contribution is 2.30. The van der Waals surface area contributed by atoms with Gasteiger partial charge in [-0.15, -0.1) is 22.7 Å². The molecule has 26 heavy (non-hydrogen) atoms. The Morgan fingerprint density at radius 2 is 2.08 bits per heavy atom. The van der Waals surface area contributed by atoms with E-state index in [9.17, 15) is 9.18 Å². The number of hydrogen-bond acceptors (Lipinski definition) is 5. The van der Waals surface area contributed by atoms with Crippen LogP contribution >= 0.6 is 22.7 Å². The SMILES string of the molecule is O=C(Nc1ccccc1OCc1cscn1)c1cc2c(F)cccc2s1. The van der Waals surface area contributed by atoms with Crippen LogP contribution in [0, 0.1) is 5.82 Å². The van der Waals surface area contributed by atoms with Crippen LogP contribution in [0.25, 0.3) is 10.1 Å². The molecule has 4 rings (SSSR count). The van der Waals surface area contributed by atoms with Crippen LogP contribution in [0.3, 0.4) is 0 Å². The van der Waals surface area contributed by atoms with Crippen molar-refractivity contribution >= 4 is 44.4 Å². The minimum absolute atomic E-state index is 0.296. The van der Waals surface area contributed by atoms with Crippen LogP contribution in [-0.2, 0) is 6.61 Å². The molecule has 7 heteroatoms. The van der Waals surface area contributed by atoms with Crippen LogP contribution < -0.4 is 10.1 Å². The molecule has 2 aromatic heterocycles. The average Bonchev–Trinajstić information content (AvgIpc) is 3.31. The summed E-state index contributed by atoms with van der Waals surface area (Å²) < 4.78 is 20.3. The van der Waals surface area contributed by atoms with Crippen molar-refractivity contribution in [3.8, 4) is 5.75 Å². The third kappa shape index (κ3) is 3.44. The van der Waals surface area contributed by atoms with Gasteiger partial charge in [-0.25, -0.2) is 9.37 Å². The molecule has 0 atom stereocenters. The summed E-state index contributed by atoms with van der Waals surface area (Å²) in [5.74, 6) is -0.0683.